The molecule has 4 heterocycles. The fraction of sp³-hybridized carbons (Fsp3) is 0.552. The van der Waals surface area contributed by atoms with Gasteiger partial charge in [0.05, 0.1) is 11.0 Å². The first-order valence-electron chi connectivity index (χ1n) is 14.0. The molecule has 0 saturated carbocycles. The maximum absolute atomic E-state index is 14.0. The smallest absolute Gasteiger partial charge is 0.342 e. The van der Waals surface area contributed by atoms with Crippen LogP contribution in [0.15, 0.2) is 41.3 Å². The predicted molar refractivity (Wildman–Crippen MR) is 143 cm³/mol. The monoisotopic (exact) mass is 561 g/mol. The van der Waals surface area contributed by atoms with Crippen molar-refractivity contribution in [2.24, 2.45) is 5.92 Å². The SMILES string of the molecule is Cc1cc(CN2CCC(C(=O)N3CCC(n4c(=O)n(CCCC(F)(F)F)c5cc(F)ccc54)CC3)CC2)ccn1. The largest absolute Gasteiger partial charge is 0.389 e. The van der Waals surface area contributed by atoms with E-state index in [0.29, 0.717) is 37.0 Å². The Morgan fingerprint density at radius 1 is 1.00 bits per heavy atom. The average Bonchev–Trinajstić information content (AvgIpc) is 3.18. The Balaban J connectivity index is 1.20. The zero-order valence-electron chi connectivity index (χ0n) is 22.7. The number of fused-ring (bicyclic) bond motifs is 1. The summed E-state index contributed by atoms with van der Waals surface area (Å²) in [5, 5.41) is 0. The molecule has 3 aromatic rings. The molecule has 7 nitrogen and oxygen atoms in total. The second-order valence-corrected chi connectivity index (χ2v) is 11.1. The van der Waals surface area contributed by atoms with Gasteiger partial charge < -0.3 is 4.90 Å². The summed E-state index contributed by atoms with van der Waals surface area (Å²) >= 11 is 0. The van der Waals surface area contributed by atoms with Crippen molar-refractivity contribution in [3.05, 3.63) is 64.1 Å². The Kier molecular flexibility index (Phi) is 8.30. The Bertz CT molecular complexity index is 1400. The Labute approximate surface area is 230 Å². The van der Waals surface area contributed by atoms with Gasteiger partial charge in [-0.1, -0.05) is 0 Å². The third kappa shape index (κ3) is 6.40. The zero-order chi connectivity index (χ0) is 28.4. The second kappa shape index (κ2) is 11.7. The standard InChI is InChI=1S/C29H35F4N5O2/c1-20-17-21(5-11-34-20)19-35-13-6-22(7-14-35)27(39)36-15-8-24(9-16-36)38-25-4-3-23(30)18-26(25)37(28(38)40)12-2-10-29(31,32)33/h3-5,11,17-18,22,24H,2,6-10,12-16,19H2,1H3. The van der Waals surface area contributed by atoms with Gasteiger partial charge in [-0.15, -0.1) is 0 Å². The van der Waals surface area contributed by atoms with Crippen LogP contribution in [0.4, 0.5) is 17.6 Å². The fourth-order valence-corrected chi connectivity index (χ4v) is 6.16. The number of rotatable bonds is 7. The van der Waals surface area contributed by atoms with Crippen molar-refractivity contribution < 1.29 is 22.4 Å². The second-order valence-electron chi connectivity index (χ2n) is 11.1. The summed E-state index contributed by atoms with van der Waals surface area (Å²) in [5.41, 5.74) is 2.61. The molecule has 11 heteroatoms. The number of benzene rings is 1. The Hall–Kier alpha value is -3.21. The van der Waals surface area contributed by atoms with Crippen LogP contribution in [-0.2, 0) is 17.9 Å². The highest BCUT2D eigenvalue weighted by Crippen LogP contribution is 2.29. The first-order valence-corrected chi connectivity index (χ1v) is 14.0. The van der Waals surface area contributed by atoms with Crippen molar-refractivity contribution in [3.63, 3.8) is 0 Å². The van der Waals surface area contributed by atoms with E-state index in [1.54, 1.807) is 4.57 Å². The molecule has 40 heavy (non-hydrogen) atoms. The number of amides is 1. The van der Waals surface area contributed by atoms with E-state index in [1.807, 2.05) is 24.1 Å². The maximum Gasteiger partial charge on any atom is 0.389 e. The average molecular weight is 562 g/mol. The van der Waals surface area contributed by atoms with Gasteiger partial charge in [0, 0.05) is 56.5 Å². The minimum atomic E-state index is -4.32. The third-order valence-corrected chi connectivity index (χ3v) is 8.21. The number of aryl methyl sites for hydroxylation is 2. The van der Waals surface area contributed by atoms with Crippen LogP contribution in [0.1, 0.15) is 55.8 Å². The molecule has 2 fully saturated rings. The summed E-state index contributed by atoms with van der Waals surface area (Å²) in [6.07, 6.45) is -1.03. The Morgan fingerprint density at radius 2 is 1.73 bits per heavy atom. The van der Waals surface area contributed by atoms with Crippen LogP contribution < -0.4 is 5.69 Å². The molecule has 0 bridgehead atoms. The minimum absolute atomic E-state index is 0.0202. The number of halogens is 4. The number of imidazole rings is 1. The molecule has 2 aromatic heterocycles. The molecule has 5 rings (SSSR count). The minimum Gasteiger partial charge on any atom is -0.342 e. The van der Waals surface area contributed by atoms with Gasteiger partial charge in [0.15, 0.2) is 0 Å². The van der Waals surface area contributed by atoms with Crippen molar-refractivity contribution >= 4 is 16.9 Å². The quantitative estimate of drug-likeness (QED) is 0.378. The van der Waals surface area contributed by atoms with Crippen molar-refractivity contribution in [3.8, 4) is 0 Å². The van der Waals surface area contributed by atoms with Crippen LogP contribution in [-0.4, -0.2) is 62.2 Å². The Morgan fingerprint density at radius 3 is 2.40 bits per heavy atom. The summed E-state index contributed by atoms with van der Waals surface area (Å²) < 4.78 is 55.0. The summed E-state index contributed by atoms with van der Waals surface area (Å²) in [5.74, 6) is -0.411. The van der Waals surface area contributed by atoms with E-state index in [1.165, 1.54) is 28.3 Å². The van der Waals surface area contributed by atoms with Gasteiger partial charge >= 0.3 is 11.9 Å². The number of aromatic nitrogens is 3. The van der Waals surface area contributed by atoms with E-state index >= 15 is 0 Å². The van der Waals surface area contributed by atoms with E-state index in [9.17, 15) is 27.2 Å². The van der Waals surface area contributed by atoms with Gasteiger partial charge in [0.25, 0.3) is 0 Å². The van der Waals surface area contributed by atoms with Crippen molar-refractivity contribution in [2.75, 3.05) is 26.2 Å². The molecule has 0 atom stereocenters. The first-order chi connectivity index (χ1) is 19.1. The molecule has 0 radical (unpaired) electrons. The van der Waals surface area contributed by atoms with Gasteiger partial charge in [0.1, 0.15) is 5.82 Å². The number of hydrogen-bond acceptors (Lipinski definition) is 4. The number of likely N-dealkylation sites (tertiary alicyclic amines) is 2. The van der Waals surface area contributed by atoms with Gasteiger partial charge in [-0.2, -0.15) is 13.2 Å². The molecule has 0 spiro atoms. The van der Waals surface area contributed by atoms with Crippen molar-refractivity contribution in [1.82, 2.24) is 23.9 Å². The van der Waals surface area contributed by atoms with E-state index in [2.05, 4.69) is 16.0 Å². The zero-order valence-corrected chi connectivity index (χ0v) is 22.7. The van der Waals surface area contributed by atoms with Crippen LogP contribution in [0.25, 0.3) is 11.0 Å². The summed E-state index contributed by atoms with van der Waals surface area (Å²) in [6.45, 7) is 5.41. The maximum atomic E-state index is 14.0. The molecular formula is C29H35F4N5O2. The molecule has 2 aliphatic rings. The molecule has 0 aliphatic carbocycles. The number of carbonyl (C=O) groups excluding carboxylic acids is 1. The normalized spacial score (nSPS) is 18.1. The number of alkyl halides is 3. The number of piperidine rings is 2. The van der Waals surface area contributed by atoms with Gasteiger partial charge in [-0.05, 0) is 88.0 Å². The molecule has 2 aliphatic heterocycles. The lowest BCUT2D eigenvalue weighted by atomic mass is 9.93. The fourth-order valence-electron chi connectivity index (χ4n) is 6.16. The molecule has 0 unspecified atom stereocenters. The van der Waals surface area contributed by atoms with Crippen LogP contribution >= 0.6 is 0 Å². The lowest BCUT2D eigenvalue weighted by molar-refractivity contribution is -0.138. The van der Waals surface area contributed by atoms with Crippen LogP contribution in [0, 0.1) is 18.7 Å². The molecule has 216 valence electrons. The molecule has 1 amide bonds. The van der Waals surface area contributed by atoms with E-state index < -0.39 is 24.1 Å². The summed E-state index contributed by atoms with van der Waals surface area (Å²) in [6, 6.07) is 7.89. The van der Waals surface area contributed by atoms with Crippen LogP contribution in [0.3, 0.4) is 0 Å². The van der Waals surface area contributed by atoms with Gasteiger partial charge in [-0.25, -0.2) is 9.18 Å². The number of pyridine rings is 1. The number of carbonyl (C=O) groups is 1. The predicted octanol–water partition coefficient (Wildman–Crippen LogP) is 5.06. The van der Waals surface area contributed by atoms with Crippen LogP contribution in [0.2, 0.25) is 0 Å². The van der Waals surface area contributed by atoms with E-state index in [0.717, 1.165) is 38.2 Å². The molecule has 2 saturated heterocycles. The van der Waals surface area contributed by atoms with Gasteiger partial charge in [0.2, 0.25) is 5.91 Å². The number of nitrogens with zero attached hydrogens (tertiary/aromatic N) is 5. The highest BCUT2D eigenvalue weighted by Gasteiger charge is 2.33. The summed E-state index contributed by atoms with van der Waals surface area (Å²) in [4.78, 5) is 35.1. The summed E-state index contributed by atoms with van der Waals surface area (Å²) in [7, 11) is 0. The van der Waals surface area contributed by atoms with Crippen LogP contribution in [0.5, 0.6) is 0 Å². The first kappa shape index (κ1) is 28.3. The van der Waals surface area contributed by atoms with Crippen molar-refractivity contribution in [2.45, 2.75) is 70.8 Å². The van der Waals surface area contributed by atoms with E-state index in [-0.39, 0.29) is 30.8 Å². The molecule has 1 aromatic carbocycles. The highest BCUT2D eigenvalue weighted by atomic mass is 19.4. The highest BCUT2D eigenvalue weighted by molar-refractivity contribution is 5.79. The molecular weight excluding hydrogens is 526 g/mol. The van der Waals surface area contributed by atoms with Gasteiger partial charge in [-0.3, -0.25) is 23.8 Å². The number of hydrogen-bond donors (Lipinski definition) is 0. The lowest BCUT2D eigenvalue weighted by Crippen LogP contribution is -2.46. The third-order valence-electron chi connectivity index (χ3n) is 8.21. The van der Waals surface area contributed by atoms with E-state index in [4.69, 9.17) is 0 Å². The van der Waals surface area contributed by atoms with Crippen molar-refractivity contribution in [1.29, 1.82) is 0 Å². The lowest BCUT2D eigenvalue weighted by Gasteiger charge is -2.37. The molecule has 0 N–H and O–H groups in total. The topological polar surface area (TPSA) is 63.4 Å².